The monoisotopic (exact) mass is 291 g/mol. The van der Waals surface area contributed by atoms with Crippen molar-refractivity contribution in [2.75, 3.05) is 0 Å². The zero-order chi connectivity index (χ0) is 5.45. The summed E-state index contributed by atoms with van der Waals surface area (Å²) in [5.41, 5.74) is 0. The molecule has 0 saturated heterocycles. The van der Waals surface area contributed by atoms with Gasteiger partial charge in [-0.05, 0) is 0 Å². The summed E-state index contributed by atoms with van der Waals surface area (Å²) >= 11 is 0. The second kappa shape index (κ2) is 2.79. The fourth-order valence-electron chi connectivity index (χ4n) is 0. The molecule has 0 aliphatic rings. The molecule has 0 spiro atoms. The number of halogens is 5. The van der Waals surface area contributed by atoms with Gasteiger partial charge in [-0.25, -0.2) is 0 Å². The van der Waals surface area contributed by atoms with Gasteiger partial charge in [-0.3, -0.25) is 0 Å². The van der Waals surface area contributed by atoms with Crippen LogP contribution in [0.5, 0.6) is 0 Å². The van der Waals surface area contributed by atoms with Crippen LogP contribution in [0.4, 0.5) is 0 Å². The fourth-order valence-corrected chi connectivity index (χ4v) is 0. The first kappa shape index (κ1) is 11.8. The first-order valence-corrected chi connectivity index (χ1v) is 13.7. The fraction of sp³-hybridized carbons (Fsp3) is 0. The van der Waals surface area contributed by atoms with Crippen molar-refractivity contribution in [1.29, 1.82) is 0 Å². The van der Waals surface area contributed by atoms with Crippen molar-refractivity contribution in [2.45, 2.75) is 0 Å². The average molecular weight is 291 g/mol. The third kappa shape index (κ3) is 68.4. The van der Waals surface area contributed by atoms with E-state index >= 15 is 0 Å². The van der Waals surface area contributed by atoms with Gasteiger partial charge in [-0.2, -0.15) is 0 Å². The van der Waals surface area contributed by atoms with E-state index < -0.39 is 9.60 Å². The maximum atomic E-state index is 5.04. The van der Waals surface area contributed by atoms with Crippen LogP contribution >= 0.6 is 47.1 Å². The van der Waals surface area contributed by atoms with Crippen LogP contribution in [0.3, 0.4) is 0 Å². The Kier molecular flexibility index (Phi) is 4.72. The molecule has 0 atom stereocenters. The molecule has 0 rings (SSSR count). The van der Waals surface area contributed by atoms with Gasteiger partial charge in [-0.15, -0.1) is 0 Å². The molecule has 0 bridgehead atoms. The Balaban J connectivity index is 0. The van der Waals surface area contributed by atoms with E-state index in [1.807, 2.05) is 0 Å². The van der Waals surface area contributed by atoms with Crippen LogP contribution in [-0.2, 0) is 9.60 Å². The summed E-state index contributed by atoms with van der Waals surface area (Å²) in [4.78, 5) is 0. The van der Waals surface area contributed by atoms with Gasteiger partial charge in [0.15, 0.2) is 0 Å². The Hall–Kier alpha value is 2.10. The van der Waals surface area contributed by atoms with Crippen molar-refractivity contribution in [2.24, 2.45) is 0 Å². The molecule has 0 heterocycles. The van der Waals surface area contributed by atoms with E-state index in [1.54, 1.807) is 0 Å². The van der Waals surface area contributed by atoms with Crippen LogP contribution in [-0.4, -0.2) is 5.48 Å². The van der Waals surface area contributed by atoms with Gasteiger partial charge in [0.2, 0.25) is 0 Å². The van der Waals surface area contributed by atoms with E-state index in [0.717, 1.165) is 0 Å². The standard InChI is InChI=1S/5ClH.Mo.H2O/h5*1H;;1H2/q;;;;;+5;/p-5. The van der Waals surface area contributed by atoms with E-state index in [1.165, 1.54) is 0 Å². The average Bonchev–Trinajstić information content (AvgIpc) is 0.650. The van der Waals surface area contributed by atoms with Gasteiger partial charge in [0.25, 0.3) is 0 Å². The molecule has 2 N–H and O–H groups in total. The van der Waals surface area contributed by atoms with Crippen LogP contribution in [0.25, 0.3) is 0 Å². The molecular weight excluding hydrogens is 289 g/mol. The molecule has 49 valence electrons. The molecule has 0 amide bonds. The van der Waals surface area contributed by atoms with E-state index in [0.29, 0.717) is 0 Å². The first-order valence-electron chi connectivity index (χ1n) is 0.772. The quantitative estimate of drug-likeness (QED) is 0.615. The molecule has 0 saturated carbocycles. The van der Waals surface area contributed by atoms with Crippen LogP contribution < -0.4 is 0 Å². The van der Waals surface area contributed by atoms with Crippen LogP contribution in [0.15, 0.2) is 0 Å². The Morgan fingerprint density at radius 1 is 0.714 bits per heavy atom. The second-order valence-electron chi connectivity index (χ2n) is 0.583. The molecular formula is H2Cl5MoO. The molecule has 0 radical (unpaired) electrons. The molecule has 0 fully saturated rings. The Labute approximate surface area is 61.6 Å². The molecule has 1 nitrogen and oxygen atoms in total. The topological polar surface area (TPSA) is 31.5 Å². The summed E-state index contributed by atoms with van der Waals surface area (Å²) in [6, 6.07) is 0. The number of rotatable bonds is 0. The summed E-state index contributed by atoms with van der Waals surface area (Å²) in [5, 5.41) is 0. The number of hydrogen-bond donors (Lipinski definition) is 0. The van der Waals surface area contributed by atoms with E-state index in [4.69, 9.17) is 47.1 Å². The molecule has 0 aliphatic heterocycles. The van der Waals surface area contributed by atoms with E-state index in [9.17, 15) is 0 Å². The summed E-state index contributed by atoms with van der Waals surface area (Å²) in [7, 11) is 20.9. The minimum absolute atomic E-state index is 0. The summed E-state index contributed by atoms with van der Waals surface area (Å²) in [6.45, 7) is 0. The molecule has 0 aromatic rings. The van der Waals surface area contributed by atoms with Gasteiger partial charge in [0.1, 0.15) is 0 Å². The molecule has 0 aromatic carbocycles. The molecule has 0 unspecified atom stereocenters. The van der Waals surface area contributed by atoms with E-state index in [2.05, 4.69) is 0 Å². The van der Waals surface area contributed by atoms with Gasteiger partial charge < -0.3 is 5.48 Å². The summed E-state index contributed by atoms with van der Waals surface area (Å²) < 4.78 is 0. The zero-order valence-electron chi connectivity index (χ0n) is 2.80. The predicted octanol–water partition coefficient (Wildman–Crippen LogP) is 2.62. The molecule has 7 heavy (non-hydrogen) atoms. The molecule has 7 heteroatoms. The van der Waals surface area contributed by atoms with E-state index in [-0.39, 0.29) is 5.48 Å². The van der Waals surface area contributed by atoms with Gasteiger partial charge in [0.05, 0.1) is 0 Å². The number of hydrogen-bond acceptors (Lipinski definition) is 0. The molecule has 0 aromatic heterocycles. The first-order chi connectivity index (χ1) is 2.24. The normalized spacial score (nSPS) is 16.4. The third-order valence-corrected chi connectivity index (χ3v) is 0. The summed E-state index contributed by atoms with van der Waals surface area (Å²) in [6.07, 6.45) is 0. The second-order valence-corrected chi connectivity index (χ2v) is 31.1. The zero-order valence-corrected chi connectivity index (χ0v) is 8.58. The Morgan fingerprint density at radius 2 is 0.714 bits per heavy atom. The van der Waals surface area contributed by atoms with Crippen molar-refractivity contribution in [1.82, 2.24) is 0 Å². The van der Waals surface area contributed by atoms with Crippen molar-refractivity contribution >= 4 is 47.1 Å². The van der Waals surface area contributed by atoms with Gasteiger partial charge in [0, 0.05) is 0 Å². The van der Waals surface area contributed by atoms with Crippen molar-refractivity contribution in [3.05, 3.63) is 0 Å². The SMILES string of the molecule is O.[Cl][Mo]([Cl])([Cl])([Cl])[Cl]. The summed E-state index contributed by atoms with van der Waals surface area (Å²) in [5.74, 6) is 0. The van der Waals surface area contributed by atoms with Crippen molar-refractivity contribution in [3.63, 3.8) is 0 Å². The Bertz CT molecular complexity index is 41.3. The Morgan fingerprint density at radius 3 is 0.714 bits per heavy atom. The third-order valence-electron chi connectivity index (χ3n) is 0. The van der Waals surface area contributed by atoms with Crippen LogP contribution in [0, 0.1) is 0 Å². The van der Waals surface area contributed by atoms with Crippen LogP contribution in [0.2, 0.25) is 0 Å². The van der Waals surface area contributed by atoms with Gasteiger partial charge >= 0.3 is 56.7 Å². The predicted molar refractivity (Wildman–Crippen MR) is 32.9 cm³/mol. The van der Waals surface area contributed by atoms with Crippen LogP contribution in [0.1, 0.15) is 0 Å². The maximum absolute atomic E-state index is 5.04. The minimum atomic E-state index is -4.26. The molecule has 0 aliphatic carbocycles. The van der Waals surface area contributed by atoms with Crippen molar-refractivity contribution in [3.8, 4) is 0 Å². The van der Waals surface area contributed by atoms with Crippen molar-refractivity contribution < 1.29 is 15.1 Å². The van der Waals surface area contributed by atoms with Gasteiger partial charge in [-0.1, -0.05) is 0 Å².